The van der Waals surface area contributed by atoms with Crippen molar-refractivity contribution in [1.82, 2.24) is 9.88 Å². The molecule has 206 valence electrons. The number of likely N-dealkylation sites (tertiary alicyclic amines) is 1. The fourth-order valence-corrected chi connectivity index (χ4v) is 5.99. The zero-order valence-electron chi connectivity index (χ0n) is 22.6. The van der Waals surface area contributed by atoms with Crippen LogP contribution in [-0.2, 0) is 4.79 Å². The highest BCUT2D eigenvalue weighted by Crippen LogP contribution is 2.51. The Balaban J connectivity index is 1.46. The normalized spacial score (nSPS) is 16.2. The fourth-order valence-electron chi connectivity index (χ4n) is 5.99. The van der Waals surface area contributed by atoms with Crippen LogP contribution in [-0.4, -0.2) is 41.1 Å². The lowest BCUT2D eigenvalue weighted by atomic mass is 9.84. The maximum absolute atomic E-state index is 13.7. The molecule has 3 aromatic carbocycles. The first-order valence-electron chi connectivity index (χ1n) is 13.8. The van der Waals surface area contributed by atoms with Crippen LogP contribution in [0.3, 0.4) is 0 Å². The molecule has 1 N–H and O–H groups in total. The second kappa shape index (κ2) is 9.96. The molecule has 1 amide bonds. The molecule has 5 aromatic rings. The van der Waals surface area contributed by atoms with E-state index in [1.807, 2.05) is 59.5 Å². The van der Waals surface area contributed by atoms with E-state index in [4.69, 9.17) is 18.9 Å². The molecule has 0 aliphatic carbocycles. The number of rotatable bonds is 4. The summed E-state index contributed by atoms with van der Waals surface area (Å²) >= 11 is 0. The monoisotopic (exact) mass is 548 g/mol. The number of phenols is 1. The molecule has 2 aliphatic heterocycles. The Hall–Kier alpha value is -4.85. The van der Waals surface area contributed by atoms with Crippen LogP contribution in [0, 0.1) is 0 Å². The minimum Gasteiger partial charge on any atom is -0.507 e. The third-order valence-corrected chi connectivity index (χ3v) is 8.08. The molecule has 1 fully saturated rings. The number of hydrogen-bond acceptors (Lipinski definition) is 7. The van der Waals surface area contributed by atoms with E-state index in [9.17, 15) is 14.7 Å². The first kappa shape index (κ1) is 25.1. The Kier molecular flexibility index (Phi) is 6.11. The van der Waals surface area contributed by atoms with Gasteiger partial charge < -0.3 is 23.9 Å². The Morgan fingerprint density at radius 3 is 2.63 bits per heavy atom. The van der Waals surface area contributed by atoms with E-state index >= 15 is 0 Å². The third-order valence-electron chi connectivity index (χ3n) is 8.08. The number of phenolic OH excluding ortho intramolecular Hbond substituents is 1. The number of ether oxygens (including phenoxy) is 2. The minimum absolute atomic E-state index is 0.0195. The molecule has 0 spiro atoms. The van der Waals surface area contributed by atoms with E-state index in [0.717, 1.165) is 48.9 Å². The van der Waals surface area contributed by atoms with Crippen molar-refractivity contribution < 1.29 is 23.8 Å². The van der Waals surface area contributed by atoms with Gasteiger partial charge in [0.25, 0.3) is 0 Å². The molecule has 1 atom stereocenters. The molecule has 41 heavy (non-hydrogen) atoms. The average Bonchev–Trinajstić information content (AvgIpc) is 3.00. The molecule has 4 heterocycles. The highest BCUT2D eigenvalue weighted by atomic mass is 16.5. The lowest BCUT2D eigenvalue weighted by Crippen LogP contribution is -2.36. The highest BCUT2D eigenvalue weighted by molar-refractivity contribution is 5.92. The molecule has 2 aliphatic rings. The number of amides is 1. The maximum atomic E-state index is 13.7. The number of aromatic nitrogens is 1. The second-order valence-electron chi connectivity index (χ2n) is 10.6. The smallest absolute Gasteiger partial charge is 0.223 e. The largest absolute Gasteiger partial charge is 0.507 e. The summed E-state index contributed by atoms with van der Waals surface area (Å²) in [4.78, 5) is 33.8. The fraction of sp³-hybridized carbons (Fsp3) is 0.242. The first-order chi connectivity index (χ1) is 20.0. The Bertz CT molecular complexity index is 1880. The van der Waals surface area contributed by atoms with Crippen molar-refractivity contribution in [2.75, 3.05) is 20.2 Å². The van der Waals surface area contributed by atoms with Crippen LogP contribution in [0.4, 0.5) is 0 Å². The zero-order chi connectivity index (χ0) is 28.1. The van der Waals surface area contributed by atoms with Crippen LogP contribution in [0.15, 0.2) is 75.9 Å². The quantitative estimate of drug-likeness (QED) is 0.279. The molecule has 8 heteroatoms. The Morgan fingerprint density at radius 1 is 1.05 bits per heavy atom. The molecule has 8 nitrogen and oxygen atoms in total. The van der Waals surface area contributed by atoms with Gasteiger partial charge in [-0.25, -0.2) is 4.98 Å². The molecule has 0 unspecified atom stereocenters. The standard InChI is InChI=1S/C33H28N2O6/c1-39-21-11-10-20-14-23-22(16-29(38)35-12-6-3-7-13-35)30-28(41-33(23)34-24(20)15-21)18-26(37)31-25(36)17-27(40-32(30)31)19-8-4-2-5-9-19/h2,4-5,8-11,14-15,17-18,22,37H,3,6-7,12-13,16H2,1H3/t22-/m1/s1. The van der Waals surface area contributed by atoms with Gasteiger partial charge in [0.1, 0.15) is 34.0 Å². The molecular formula is C33H28N2O6. The number of benzene rings is 3. The van der Waals surface area contributed by atoms with Gasteiger partial charge in [0.15, 0.2) is 5.43 Å². The van der Waals surface area contributed by atoms with Crippen LogP contribution in [0.2, 0.25) is 0 Å². The predicted octanol–water partition coefficient (Wildman–Crippen LogP) is 6.36. The van der Waals surface area contributed by atoms with Crippen LogP contribution in [0.5, 0.6) is 23.1 Å². The predicted molar refractivity (Wildman–Crippen MR) is 155 cm³/mol. The van der Waals surface area contributed by atoms with E-state index in [1.54, 1.807) is 7.11 Å². The molecule has 0 bridgehead atoms. The summed E-state index contributed by atoms with van der Waals surface area (Å²) in [6.45, 7) is 1.45. The number of carbonyl (C=O) groups is 1. The van der Waals surface area contributed by atoms with E-state index in [0.29, 0.717) is 34.2 Å². The number of nitrogens with zero attached hydrogens (tertiary/aromatic N) is 2. The van der Waals surface area contributed by atoms with Crippen LogP contribution >= 0.6 is 0 Å². The second-order valence-corrected chi connectivity index (χ2v) is 10.6. The lowest BCUT2D eigenvalue weighted by Gasteiger charge is -2.32. The number of aromatic hydroxyl groups is 1. The summed E-state index contributed by atoms with van der Waals surface area (Å²) in [5.74, 6) is 0.935. The number of pyridine rings is 1. The Morgan fingerprint density at radius 2 is 1.85 bits per heavy atom. The van der Waals surface area contributed by atoms with Crippen molar-refractivity contribution in [1.29, 1.82) is 0 Å². The van der Waals surface area contributed by atoms with Gasteiger partial charge in [0.05, 0.1) is 12.6 Å². The van der Waals surface area contributed by atoms with Crippen molar-refractivity contribution in [3.05, 3.63) is 88.1 Å². The van der Waals surface area contributed by atoms with Gasteiger partial charge in [-0.1, -0.05) is 30.3 Å². The van der Waals surface area contributed by atoms with Crippen molar-refractivity contribution in [3.8, 4) is 34.5 Å². The van der Waals surface area contributed by atoms with Gasteiger partial charge in [0, 0.05) is 65.7 Å². The van der Waals surface area contributed by atoms with Crippen molar-refractivity contribution in [2.24, 2.45) is 0 Å². The van der Waals surface area contributed by atoms with Gasteiger partial charge in [-0.2, -0.15) is 0 Å². The van der Waals surface area contributed by atoms with Gasteiger partial charge >= 0.3 is 0 Å². The average molecular weight is 549 g/mol. The lowest BCUT2D eigenvalue weighted by molar-refractivity contribution is -0.132. The summed E-state index contributed by atoms with van der Waals surface area (Å²) in [6.07, 6.45) is 3.22. The van der Waals surface area contributed by atoms with Crippen molar-refractivity contribution in [3.63, 3.8) is 0 Å². The van der Waals surface area contributed by atoms with E-state index in [1.165, 1.54) is 12.1 Å². The zero-order valence-corrected chi connectivity index (χ0v) is 22.6. The van der Waals surface area contributed by atoms with Gasteiger partial charge in [0.2, 0.25) is 11.8 Å². The SMILES string of the molecule is COc1ccc2cc3c(nc2c1)Oc1cc(O)c2c(=O)cc(-c4ccccc4)oc2c1[C@@H]3CC(=O)N1CCCCC1. The van der Waals surface area contributed by atoms with Crippen LogP contribution in [0.1, 0.15) is 42.7 Å². The molecule has 2 aromatic heterocycles. The molecule has 0 radical (unpaired) electrons. The molecule has 7 rings (SSSR count). The number of methoxy groups -OCH3 is 1. The van der Waals surface area contributed by atoms with Crippen molar-refractivity contribution in [2.45, 2.75) is 31.6 Å². The topological polar surface area (TPSA) is 102 Å². The van der Waals surface area contributed by atoms with Crippen molar-refractivity contribution >= 4 is 27.8 Å². The minimum atomic E-state index is -0.514. The summed E-state index contributed by atoms with van der Waals surface area (Å²) in [7, 11) is 1.60. The number of piperidine rings is 1. The third kappa shape index (κ3) is 4.36. The summed E-state index contributed by atoms with van der Waals surface area (Å²) in [5, 5.41) is 11.9. The highest BCUT2D eigenvalue weighted by Gasteiger charge is 2.36. The van der Waals surface area contributed by atoms with E-state index in [-0.39, 0.29) is 34.5 Å². The van der Waals surface area contributed by atoms with Gasteiger partial charge in [-0.15, -0.1) is 0 Å². The van der Waals surface area contributed by atoms with Crippen LogP contribution in [0.25, 0.3) is 33.2 Å². The van der Waals surface area contributed by atoms with E-state index < -0.39 is 5.92 Å². The maximum Gasteiger partial charge on any atom is 0.223 e. The summed E-state index contributed by atoms with van der Waals surface area (Å²) in [6, 6.07) is 19.7. The number of carbonyl (C=O) groups excluding carboxylic acids is 1. The Labute approximate surface area is 235 Å². The van der Waals surface area contributed by atoms with E-state index in [2.05, 4.69) is 0 Å². The number of fused-ring (bicyclic) bond motifs is 5. The van der Waals surface area contributed by atoms with Crippen LogP contribution < -0.4 is 14.9 Å². The number of hydrogen-bond donors (Lipinski definition) is 1. The molecule has 1 saturated heterocycles. The summed E-state index contributed by atoms with van der Waals surface area (Å²) in [5.41, 5.74) is 2.52. The molecule has 0 saturated carbocycles. The van der Waals surface area contributed by atoms with Gasteiger partial charge in [-0.05, 0) is 37.5 Å². The molecular weight excluding hydrogens is 520 g/mol. The van der Waals surface area contributed by atoms with Gasteiger partial charge in [-0.3, -0.25) is 9.59 Å². The summed E-state index contributed by atoms with van der Waals surface area (Å²) < 4.78 is 18.1. The first-order valence-corrected chi connectivity index (χ1v) is 13.8.